The lowest BCUT2D eigenvalue weighted by molar-refractivity contribution is -0.127. The van der Waals surface area contributed by atoms with Crippen molar-refractivity contribution in [3.05, 3.63) is 29.8 Å². The monoisotopic (exact) mass is 292 g/mol. The minimum absolute atomic E-state index is 0.153. The van der Waals surface area contributed by atoms with Gasteiger partial charge in [0.15, 0.2) is 0 Å². The topological polar surface area (TPSA) is 110 Å². The first-order valence-electron chi connectivity index (χ1n) is 7.08. The fraction of sp³-hybridized carbons (Fsp3) is 0.467. The van der Waals surface area contributed by atoms with Gasteiger partial charge in [-0.25, -0.2) is 4.79 Å². The van der Waals surface area contributed by atoms with Gasteiger partial charge >= 0.3 is 6.03 Å². The number of urea groups is 1. The molecular formula is C15H24N4O2. The van der Waals surface area contributed by atoms with Crippen LogP contribution in [0.5, 0.6) is 0 Å². The Bertz CT molecular complexity index is 495. The first-order chi connectivity index (χ1) is 9.82. The largest absolute Gasteiger partial charge is 0.351 e. The smallest absolute Gasteiger partial charge is 0.316 e. The van der Waals surface area contributed by atoms with Crippen molar-refractivity contribution in [2.45, 2.75) is 45.2 Å². The summed E-state index contributed by atoms with van der Waals surface area (Å²) in [7, 11) is 0. The number of hydrogen-bond acceptors (Lipinski definition) is 3. The zero-order valence-electron chi connectivity index (χ0n) is 12.8. The fourth-order valence-corrected chi connectivity index (χ4v) is 1.99. The summed E-state index contributed by atoms with van der Waals surface area (Å²) >= 11 is 0. The van der Waals surface area contributed by atoms with E-state index in [-0.39, 0.29) is 11.9 Å². The predicted molar refractivity (Wildman–Crippen MR) is 83.7 cm³/mol. The number of primary amides is 1. The number of carbonyl (C=O) groups is 2. The third kappa shape index (κ3) is 4.46. The Hall–Kier alpha value is -2.08. The Morgan fingerprint density at radius 2 is 1.71 bits per heavy atom. The van der Waals surface area contributed by atoms with Crippen molar-refractivity contribution in [2.75, 3.05) is 5.32 Å². The van der Waals surface area contributed by atoms with Gasteiger partial charge in [0.05, 0.1) is 11.6 Å². The SMILES string of the molecule is CCC(N)(CC)C(=O)NC(C)c1ccc(NC(N)=O)cc1. The summed E-state index contributed by atoms with van der Waals surface area (Å²) in [5.41, 5.74) is 11.8. The van der Waals surface area contributed by atoms with Gasteiger partial charge in [0, 0.05) is 5.69 Å². The van der Waals surface area contributed by atoms with Gasteiger partial charge in [0.1, 0.15) is 0 Å². The summed E-state index contributed by atoms with van der Waals surface area (Å²) in [6.45, 7) is 5.69. The van der Waals surface area contributed by atoms with E-state index in [9.17, 15) is 9.59 Å². The van der Waals surface area contributed by atoms with E-state index in [1.54, 1.807) is 12.1 Å². The molecule has 6 N–H and O–H groups in total. The van der Waals surface area contributed by atoms with Gasteiger partial charge in [-0.15, -0.1) is 0 Å². The van der Waals surface area contributed by atoms with E-state index >= 15 is 0 Å². The lowest BCUT2D eigenvalue weighted by Gasteiger charge is -2.27. The van der Waals surface area contributed by atoms with Crippen molar-refractivity contribution < 1.29 is 9.59 Å². The molecule has 0 radical (unpaired) electrons. The summed E-state index contributed by atoms with van der Waals surface area (Å²) in [6.07, 6.45) is 1.17. The zero-order valence-corrected chi connectivity index (χ0v) is 12.8. The van der Waals surface area contributed by atoms with Crippen LogP contribution in [0.1, 0.15) is 45.2 Å². The molecule has 0 aliphatic carbocycles. The maximum atomic E-state index is 12.2. The summed E-state index contributed by atoms with van der Waals surface area (Å²) in [5, 5.41) is 5.41. The zero-order chi connectivity index (χ0) is 16.0. The molecule has 0 aliphatic heterocycles. The summed E-state index contributed by atoms with van der Waals surface area (Å²) in [5.74, 6) is -0.153. The molecule has 1 aromatic rings. The van der Waals surface area contributed by atoms with Gasteiger partial charge in [0.2, 0.25) is 5.91 Å². The van der Waals surface area contributed by atoms with Gasteiger partial charge in [0.25, 0.3) is 0 Å². The van der Waals surface area contributed by atoms with E-state index in [2.05, 4.69) is 10.6 Å². The Balaban J connectivity index is 2.73. The molecule has 1 unspecified atom stereocenters. The highest BCUT2D eigenvalue weighted by atomic mass is 16.2. The second-order valence-electron chi connectivity index (χ2n) is 5.17. The highest BCUT2D eigenvalue weighted by molar-refractivity contribution is 5.88. The summed E-state index contributed by atoms with van der Waals surface area (Å²) in [6, 6.07) is 6.35. The maximum absolute atomic E-state index is 12.2. The molecule has 0 fully saturated rings. The summed E-state index contributed by atoms with van der Waals surface area (Å²) in [4.78, 5) is 23.0. The number of rotatable bonds is 6. The van der Waals surface area contributed by atoms with E-state index in [0.717, 1.165) is 5.56 Å². The number of carbonyl (C=O) groups excluding carboxylic acids is 2. The van der Waals surface area contributed by atoms with E-state index in [1.165, 1.54) is 0 Å². The minimum atomic E-state index is -0.832. The van der Waals surface area contributed by atoms with Crippen molar-refractivity contribution in [1.29, 1.82) is 0 Å². The lowest BCUT2D eigenvalue weighted by atomic mass is 9.92. The maximum Gasteiger partial charge on any atom is 0.316 e. The van der Waals surface area contributed by atoms with Gasteiger partial charge in [-0.05, 0) is 37.5 Å². The van der Waals surface area contributed by atoms with Crippen LogP contribution < -0.4 is 22.1 Å². The predicted octanol–water partition coefficient (Wildman–Crippen LogP) is 1.87. The lowest BCUT2D eigenvalue weighted by Crippen LogP contribution is -2.53. The Labute approximate surface area is 125 Å². The van der Waals surface area contributed by atoms with Crippen molar-refractivity contribution in [3.63, 3.8) is 0 Å². The van der Waals surface area contributed by atoms with E-state index in [4.69, 9.17) is 11.5 Å². The van der Waals surface area contributed by atoms with Crippen molar-refractivity contribution in [1.82, 2.24) is 5.32 Å². The Morgan fingerprint density at radius 3 is 2.14 bits per heavy atom. The van der Waals surface area contributed by atoms with Gasteiger partial charge in [-0.2, -0.15) is 0 Å². The molecule has 21 heavy (non-hydrogen) atoms. The molecule has 0 saturated carbocycles. The normalized spacial score (nSPS) is 12.6. The van der Waals surface area contributed by atoms with Crippen LogP contribution in [0.25, 0.3) is 0 Å². The standard InChI is InChI=1S/C15H24N4O2/c1-4-15(17,5-2)13(20)18-10(3)11-6-8-12(9-7-11)19-14(16)21/h6-10H,4-5,17H2,1-3H3,(H,18,20)(H3,16,19,21). The molecule has 0 aliphatic rings. The van der Waals surface area contributed by atoms with Crippen LogP contribution >= 0.6 is 0 Å². The second-order valence-corrected chi connectivity index (χ2v) is 5.17. The highest BCUT2D eigenvalue weighted by Crippen LogP contribution is 2.18. The van der Waals surface area contributed by atoms with Crippen LogP contribution in [0.4, 0.5) is 10.5 Å². The molecular weight excluding hydrogens is 268 g/mol. The number of benzene rings is 1. The number of hydrogen-bond donors (Lipinski definition) is 4. The number of nitrogens with two attached hydrogens (primary N) is 2. The van der Waals surface area contributed by atoms with Crippen molar-refractivity contribution >= 4 is 17.6 Å². The second kappa shape index (κ2) is 7.08. The summed E-state index contributed by atoms with van der Waals surface area (Å²) < 4.78 is 0. The average molecular weight is 292 g/mol. The number of anilines is 1. The van der Waals surface area contributed by atoms with Crippen LogP contribution in [0, 0.1) is 0 Å². The van der Waals surface area contributed by atoms with Gasteiger partial charge in [-0.3, -0.25) is 4.79 Å². The molecule has 6 heteroatoms. The number of nitrogens with one attached hydrogen (secondary N) is 2. The van der Waals surface area contributed by atoms with E-state index in [1.807, 2.05) is 32.9 Å². The van der Waals surface area contributed by atoms with Gasteiger partial charge in [-0.1, -0.05) is 26.0 Å². The van der Waals surface area contributed by atoms with Crippen LogP contribution in [-0.4, -0.2) is 17.5 Å². The molecule has 1 aromatic carbocycles. The molecule has 116 valence electrons. The molecule has 3 amide bonds. The van der Waals surface area contributed by atoms with Crippen molar-refractivity contribution in [2.24, 2.45) is 11.5 Å². The molecule has 0 saturated heterocycles. The molecule has 0 bridgehead atoms. The average Bonchev–Trinajstić information content (AvgIpc) is 2.46. The fourth-order valence-electron chi connectivity index (χ4n) is 1.99. The van der Waals surface area contributed by atoms with Gasteiger partial charge < -0.3 is 22.1 Å². The Kier molecular flexibility index (Phi) is 5.72. The highest BCUT2D eigenvalue weighted by Gasteiger charge is 2.30. The molecule has 0 spiro atoms. The van der Waals surface area contributed by atoms with Crippen LogP contribution in [0.3, 0.4) is 0 Å². The first-order valence-corrected chi connectivity index (χ1v) is 7.08. The molecule has 1 atom stereocenters. The van der Waals surface area contributed by atoms with Crippen LogP contribution in [-0.2, 0) is 4.79 Å². The third-order valence-electron chi connectivity index (χ3n) is 3.74. The van der Waals surface area contributed by atoms with E-state index < -0.39 is 11.6 Å². The van der Waals surface area contributed by atoms with Crippen molar-refractivity contribution in [3.8, 4) is 0 Å². The molecule has 1 rings (SSSR count). The molecule has 6 nitrogen and oxygen atoms in total. The molecule has 0 aromatic heterocycles. The minimum Gasteiger partial charge on any atom is -0.351 e. The van der Waals surface area contributed by atoms with Crippen LogP contribution in [0.2, 0.25) is 0 Å². The quantitative estimate of drug-likeness (QED) is 0.642. The van der Waals surface area contributed by atoms with Crippen LogP contribution in [0.15, 0.2) is 24.3 Å². The van der Waals surface area contributed by atoms with E-state index in [0.29, 0.717) is 18.5 Å². The number of amides is 3. The molecule has 0 heterocycles. The third-order valence-corrected chi connectivity index (χ3v) is 3.74. The Morgan fingerprint density at radius 1 is 1.19 bits per heavy atom. The first kappa shape index (κ1) is 17.0.